The minimum Gasteiger partial charge on any atom is -0.406 e. The van der Waals surface area contributed by atoms with Crippen molar-refractivity contribution in [2.45, 2.75) is 38.6 Å². The second-order valence-corrected chi connectivity index (χ2v) is 9.46. The van der Waals surface area contributed by atoms with Crippen molar-refractivity contribution >= 4 is 28.3 Å². The van der Waals surface area contributed by atoms with Crippen LogP contribution in [-0.4, -0.2) is 44.9 Å². The van der Waals surface area contributed by atoms with E-state index in [2.05, 4.69) is 41.5 Å². The van der Waals surface area contributed by atoms with Gasteiger partial charge in [0.05, 0.1) is 6.42 Å². The SMILES string of the molecule is O=C(Cc1cccc(OC(F)(F)F)c1)Nc1nnc(CCCCN2C=C(C(=O)NCc3cccnc3)NN2)s1. The van der Waals surface area contributed by atoms with Crippen LogP contribution in [0, 0.1) is 0 Å². The molecule has 4 N–H and O–H groups in total. The van der Waals surface area contributed by atoms with Gasteiger partial charge in [0, 0.05) is 38.1 Å². The number of carbonyl (C=O) groups is 2. The molecule has 15 heteroatoms. The van der Waals surface area contributed by atoms with Crippen LogP contribution in [0.15, 0.2) is 60.7 Å². The van der Waals surface area contributed by atoms with Gasteiger partial charge in [-0.15, -0.1) is 28.9 Å². The summed E-state index contributed by atoms with van der Waals surface area (Å²) in [5, 5.41) is 16.3. The van der Waals surface area contributed by atoms with E-state index in [-0.39, 0.29) is 18.1 Å². The zero-order valence-electron chi connectivity index (χ0n) is 20.5. The summed E-state index contributed by atoms with van der Waals surface area (Å²) in [7, 11) is 0. The first-order valence-electron chi connectivity index (χ1n) is 11.9. The highest BCUT2D eigenvalue weighted by Gasteiger charge is 2.31. The average molecular weight is 563 g/mol. The molecule has 0 atom stereocenters. The molecule has 3 aromatic rings. The molecule has 0 unspecified atom stereocenters. The minimum atomic E-state index is -4.80. The van der Waals surface area contributed by atoms with E-state index in [1.807, 2.05) is 6.07 Å². The number of anilines is 1. The molecule has 2 amide bonds. The lowest BCUT2D eigenvalue weighted by molar-refractivity contribution is -0.274. The maximum Gasteiger partial charge on any atom is 0.573 e. The molecule has 0 saturated carbocycles. The lowest BCUT2D eigenvalue weighted by Gasteiger charge is -2.14. The Labute approximate surface area is 225 Å². The first kappa shape index (κ1) is 27.8. The van der Waals surface area contributed by atoms with Gasteiger partial charge in [-0.25, -0.2) is 0 Å². The van der Waals surface area contributed by atoms with E-state index in [1.165, 1.54) is 29.5 Å². The summed E-state index contributed by atoms with van der Waals surface area (Å²) in [5.41, 5.74) is 7.45. The minimum absolute atomic E-state index is 0.141. The third kappa shape index (κ3) is 9.22. The van der Waals surface area contributed by atoms with Crippen molar-refractivity contribution < 1.29 is 27.5 Å². The summed E-state index contributed by atoms with van der Waals surface area (Å²) in [6.07, 6.45) is 2.35. The Morgan fingerprint density at radius 2 is 1.95 bits per heavy atom. The third-order valence-corrected chi connectivity index (χ3v) is 6.19. The number of ether oxygens (including phenoxy) is 1. The number of aromatic nitrogens is 3. The van der Waals surface area contributed by atoms with Gasteiger partial charge in [0.25, 0.3) is 5.91 Å². The highest BCUT2D eigenvalue weighted by atomic mass is 32.1. The molecule has 0 spiro atoms. The van der Waals surface area contributed by atoms with E-state index < -0.39 is 12.3 Å². The molecule has 0 saturated heterocycles. The molecule has 1 aliphatic heterocycles. The predicted octanol–water partition coefficient (Wildman–Crippen LogP) is 2.82. The van der Waals surface area contributed by atoms with Crippen LogP contribution in [0.3, 0.4) is 0 Å². The number of benzene rings is 1. The number of hydrogen-bond acceptors (Lipinski definition) is 10. The standard InChI is InChI=1S/C24H25F3N8O3S/c25-24(26,27)38-18-7-3-5-16(11-18)12-20(36)30-23-33-32-21(39-23)8-1-2-10-35-15-19(31-34-35)22(37)29-14-17-6-4-9-28-13-17/h3-7,9,11,13,15,31,34H,1-2,8,10,12,14H2,(H,29,37)(H,30,33,36). The van der Waals surface area contributed by atoms with Gasteiger partial charge in [0.15, 0.2) is 0 Å². The number of aryl methyl sites for hydroxylation is 1. The number of rotatable bonds is 12. The second kappa shape index (κ2) is 13.0. The monoisotopic (exact) mass is 562 g/mol. The molecule has 206 valence electrons. The second-order valence-electron chi connectivity index (χ2n) is 8.40. The number of alkyl halides is 3. The van der Waals surface area contributed by atoms with Crippen molar-refractivity contribution in [3.05, 3.63) is 76.8 Å². The summed E-state index contributed by atoms with van der Waals surface area (Å²) in [6.45, 7) is 1.02. The number of nitrogens with zero attached hydrogens (tertiary/aromatic N) is 4. The van der Waals surface area contributed by atoms with Crippen LogP contribution in [0.2, 0.25) is 0 Å². The molecule has 3 heterocycles. The van der Waals surface area contributed by atoms with Crippen molar-refractivity contribution in [2.24, 2.45) is 0 Å². The normalized spacial score (nSPS) is 13.0. The lowest BCUT2D eigenvalue weighted by atomic mass is 10.1. The first-order valence-corrected chi connectivity index (χ1v) is 12.7. The molecular weight excluding hydrogens is 537 g/mol. The fourth-order valence-electron chi connectivity index (χ4n) is 3.53. The summed E-state index contributed by atoms with van der Waals surface area (Å²) < 4.78 is 41.1. The van der Waals surface area contributed by atoms with Crippen molar-refractivity contribution in [3.8, 4) is 5.75 Å². The molecule has 0 fully saturated rings. The maximum absolute atomic E-state index is 12.4. The van der Waals surface area contributed by atoms with Crippen LogP contribution in [0.4, 0.5) is 18.3 Å². The molecule has 1 aliphatic rings. The zero-order valence-corrected chi connectivity index (χ0v) is 21.3. The Morgan fingerprint density at radius 3 is 2.74 bits per heavy atom. The van der Waals surface area contributed by atoms with E-state index >= 15 is 0 Å². The van der Waals surface area contributed by atoms with Crippen LogP contribution in [0.5, 0.6) is 5.75 Å². The molecule has 0 aliphatic carbocycles. The van der Waals surface area contributed by atoms with E-state index in [9.17, 15) is 22.8 Å². The quantitative estimate of drug-likeness (QED) is 0.246. The van der Waals surface area contributed by atoms with Crippen LogP contribution < -0.4 is 26.3 Å². The first-order chi connectivity index (χ1) is 18.7. The maximum atomic E-state index is 12.4. The van der Waals surface area contributed by atoms with Gasteiger partial charge >= 0.3 is 6.36 Å². The molecule has 39 heavy (non-hydrogen) atoms. The largest absolute Gasteiger partial charge is 0.573 e. The van der Waals surface area contributed by atoms with Crippen LogP contribution in [-0.2, 0) is 29.0 Å². The van der Waals surface area contributed by atoms with Crippen LogP contribution in [0.1, 0.15) is 29.0 Å². The lowest BCUT2D eigenvalue weighted by Crippen LogP contribution is -2.39. The van der Waals surface area contributed by atoms with Crippen LogP contribution in [0.25, 0.3) is 0 Å². The number of halogens is 3. The van der Waals surface area contributed by atoms with Crippen molar-refractivity contribution in [1.82, 2.24) is 36.5 Å². The average Bonchev–Trinajstić information content (AvgIpc) is 3.54. The van der Waals surface area contributed by atoms with Crippen molar-refractivity contribution in [3.63, 3.8) is 0 Å². The van der Waals surface area contributed by atoms with Gasteiger partial charge in [-0.3, -0.25) is 25.0 Å². The Bertz CT molecular complexity index is 1300. The Kier molecular flexibility index (Phi) is 9.27. The van der Waals surface area contributed by atoms with Gasteiger partial charge in [0.1, 0.15) is 16.5 Å². The molecular formula is C24H25F3N8O3S. The Balaban J connectivity index is 1.14. The van der Waals surface area contributed by atoms with Gasteiger partial charge in [0.2, 0.25) is 11.0 Å². The summed E-state index contributed by atoms with van der Waals surface area (Å²) in [6, 6.07) is 8.93. The number of hydrogen-bond donors (Lipinski definition) is 4. The predicted molar refractivity (Wildman–Crippen MR) is 135 cm³/mol. The number of pyridine rings is 1. The summed E-state index contributed by atoms with van der Waals surface area (Å²) in [5.74, 6) is -1.05. The van der Waals surface area contributed by atoms with E-state index in [4.69, 9.17) is 0 Å². The van der Waals surface area contributed by atoms with E-state index in [0.717, 1.165) is 29.5 Å². The Hall–Kier alpha value is -4.24. The van der Waals surface area contributed by atoms with Gasteiger partial charge < -0.3 is 15.4 Å². The zero-order chi connectivity index (χ0) is 27.7. The molecule has 2 aromatic heterocycles. The number of amides is 2. The van der Waals surface area contributed by atoms with E-state index in [0.29, 0.717) is 35.9 Å². The fraction of sp³-hybridized carbons (Fsp3) is 0.292. The number of unbranched alkanes of at least 4 members (excludes halogenated alkanes) is 1. The number of hydrazine groups is 2. The van der Waals surface area contributed by atoms with Gasteiger partial charge in [-0.2, -0.15) is 0 Å². The number of nitrogens with one attached hydrogen (secondary N) is 4. The van der Waals surface area contributed by atoms with Crippen molar-refractivity contribution in [1.29, 1.82) is 0 Å². The molecule has 4 rings (SSSR count). The molecule has 1 aromatic carbocycles. The van der Waals surface area contributed by atoms with Crippen molar-refractivity contribution in [2.75, 3.05) is 11.9 Å². The molecule has 11 nitrogen and oxygen atoms in total. The Morgan fingerprint density at radius 1 is 1.10 bits per heavy atom. The highest BCUT2D eigenvalue weighted by Crippen LogP contribution is 2.24. The smallest absolute Gasteiger partial charge is 0.406 e. The summed E-state index contributed by atoms with van der Waals surface area (Å²) >= 11 is 1.23. The topological polar surface area (TPSA) is 133 Å². The third-order valence-electron chi connectivity index (χ3n) is 5.29. The fourth-order valence-corrected chi connectivity index (χ4v) is 4.33. The van der Waals surface area contributed by atoms with Crippen LogP contribution >= 0.6 is 11.3 Å². The summed E-state index contributed by atoms with van der Waals surface area (Å²) in [4.78, 5) is 28.6. The molecule has 0 radical (unpaired) electrons. The molecule has 0 bridgehead atoms. The van der Waals surface area contributed by atoms with E-state index in [1.54, 1.807) is 29.7 Å². The van der Waals surface area contributed by atoms with Gasteiger partial charge in [-0.1, -0.05) is 29.5 Å². The highest BCUT2D eigenvalue weighted by molar-refractivity contribution is 7.15. The number of carbonyl (C=O) groups excluding carboxylic acids is 2. The van der Waals surface area contributed by atoms with Gasteiger partial charge in [-0.05, 0) is 42.2 Å².